The van der Waals surface area contributed by atoms with Crippen LogP contribution < -0.4 is 15.5 Å². The smallest absolute Gasteiger partial charge is 0.271 e. The number of nitrogens with one attached hydrogen (secondary N) is 2. The number of hydrogen-bond donors (Lipinski definition) is 2. The van der Waals surface area contributed by atoms with Gasteiger partial charge in [0.2, 0.25) is 0 Å². The summed E-state index contributed by atoms with van der Waals surface area (Å²) in [6.07, 6.45) is 1.32. The number of para-hydroxylation sites is 1. The number of non-ortho nitro benzene ring substituents is 1. The lowest BCUT2D eigenvalue weighted by Gasteiger charge is -2.10. The van der Waals surface area contributed by atoms with E-state index >= 15 is 0 Å². The maximum absolute atomic E-state index is 12.2. The number of hydrazone groups is 1. The molecule has 32 heavy (non-hydrogen) atoms. The van der Waals surface area contributed by atoms with Crippen molar-refractivity contribution < 1.29 is 19.2 Å². The molecule has 10 heteroatoms. The number of benzene rings is 3. The lowest BCUT2D eigenvalue weighted by atomic mass is 10.2. The monoisotopic (exact) mass is 452 g/mol. The summed E-state index contributed by atoms with van der Waals surface area (Å²) in [5, 5.41) is 17.7. The van der Waals surface area contributed by atoms with Crippen LogP contribution in [0.1, 0.15) is 15.9 Å². The van der Waals surface area contributed by atoms with Crippen LogP contribution in [-0.4, -0.2) is 29.6 Å². The Hall–Kier alpha value is -4.24. The number of amides is 2. The van der Waals surface area contributed by atoms with E-state index in [0.29, 0.717) is 22.0 Å². The van der Waals surface area contributed by atoms with Crippen molar-refractivity contribution in [2.24, 2.45) is 5.10 Å². The van der Waals surface area contributed by atoms with Gasteiger partial charge in [0.15, 0.2) is 6.61 Å². The molecule has 162 valence electrons. The molecule has 2 amide bonds. The molecule has 0 aliphatic carbocycles. The summed E-state index contributed by atoms with van der Waals surface area (Å²) in [4.78, 5) is 34.4. The van der Waals surface area contributed by atoms with Gasteiger partial charge in [0, 0.05) is 34.0 Å². The Bertz CT molecular complexity index is 1150. The molecule has 3 aromatic rings. The molecule has 0 saturated heterocycles. The molecule has 3 rings (SSSR count). The van der Waals surface area contributed by atoms with Crippen molar-refractivity contribution in [3.05, 3.63) is 99.1 Å². The van der Waals surface area contributed by atoms with Crippen molar-refractivity contribution in [3.63, 3.8) is 0 Å². The first-order chi connectivity index (χ1) is 15.4. The summed E-state index contributed by atoms with van der Waals surface area (Å²) >= 11 is 6.03. The highest BCUT2D eigenvalue weighted by atomic mass is 35.5. The first kappa shape index (κ1) is 22.4. The normalized spacial score (nSPS) is 10.5. The third kappa shape index (κ3) is 6.38. The molecular formula is C22H17ClN4O5. The van der Waals surface area contributed by atoms with E-state index in [1.54, 1.807) is 42.5 Å². The zero-order chi connectivity index (χ0) is 22.9. The number of hydrogen-bond acceptors (Lipinski definition) is 6. The van der Waals surface area contributed by atoms with Gasteiger partial charge in [-0.25, -0.2) is 5.43 Å². The zero-order valence-electron chi connectivity index (χ0n) is 16.5. The Morgan fingerprint density at radius 3 is 2.47 bits per heavy atom. The number of carbonyl (C=O) groups is 2. The number of ether oxygens (including phenoxy) is 1. The van der Waals surface area contributed by atoms with Crippen molar-refractivity contribution in [1.29, 1.82) is 0 Å². The highest BCUT2D eigenvalue weighted by Gasteiger charge is 2.10. The van der Waals surface area contributed by atoms with Gasteiger partial charge in [0.25, 0.3) is 17.5 Å². The molecule has 0 fully saturated rings. The fourth-order valence-electron chi connectivity index (χ4n) is 2.57. The Labute approximate surface area is 187 Å². The minimum atomic E-state index is -0.555. The molecule has 0 radical (unpaired) electrons. The molecule has 0 atom stereocenters. The molecule has 3 aromatic carbocycles. The molecule has 9 nitrogen and oxygen atoms in total. The first-order valence-corrected chi connectivity index (χ1v) is 9.65. The van der Waals surface area contributed by atoms with Crippen molar-refractivity contribution in [2.45, 2.75) is 0 Å². The van der Waals surface area contributed by atoms with Crippen molar-refractivity contribution in [2.75, 3.05) is 11.9 Å². The van der Waals surface area contributed by atoms with Crippen molar-refractivity contribution >= 4 is 41.0 Å². The van der Waals surface area contributed by atoms with Crippen LogP contribution in [0.25, 0.3) is 0 Å². The summed E-state index contributed by atoms with van der Waals surface area (Å²) in [7, 11) is 0. The summed E-state index contributed by atoms with van der Waals surface area (Å²) in [6.45, 7) is -0.244. The molecule has 0 spiro atoms. The molecule has 0 aliphatic rings. The van der Waals surface area contributed by atoms with E-state index in [2.05, 4.69) is 15.8 Å². The Balaban J connectivity index is 1.61. The number of carbonyl (C=O) groups excluding carboxylic acids is 2. The van der Waals surface area contributed by atoms with Gasteiger partial charge in [-0.3, -0.25) is 19.7 Å². The standard InChI is InChI=1S/C22H17ClN4O5/c23-17-8-11-20(32-14-21(28)25-18-4-2-1-3-5-18)16(12-17)13-24-26-22(29)15-6-9-19(10-7-15)27(30)31/h1-13H,14H2,(H,25,28)(H,26,29)/b24-13+. The average molecular weight is 453 g/mol. The second-order valence-electron chi connectivity index (χ2n) is 6.39. The molecule has 0 unspecified atom stereocenters. The number of nitro benzene ring substituents is 1. The number of nitrogens with zero attached hydrogens (tertiary/aromatic N) is 2. The molecule has 0 bridgehead atoms. The van der Waals surface area contributed by atoms with E-state index < -0.39 is 10.8 Å². The van der Waals surface area contributed by atoms with Crippen LogP contribution in [0.2, 0.25) is 5.02 Å². The Morgan fingerprint density at radius 2 is 1.78 bits per heavy atom. The number of anilines is 1. The van der Waals surface area contributed by atoms with Gasteiger partial charge in [-0.05, 0) is 42.5 Å². The number of halogens is 1. The minimum Gasteiger partial charge on any atom is -0.483 e. The highest BCUT2D eigenvalue weighted by Crippen LogP contribution is 2.21. The second-order valence-corrected chi connectivity index (χ2v) is 6.82. The van der Waals surface area contributed by atoms with Gasteiger partial charge in [0.05, 0.1) is 11.1 Å². The predicted octanol–water partition coefficient (Wildman–Crippen LogP) is 4.03. The maximum Gasteiger partial charge on any atom is 0.271 e. The lowest BCUT2D eigenvalue weighted by Crippen LogP contribution is -2.20. The van der Waals surface area contributed by atoms with Gasteiger partial charge in [-0.15, -0.1) is 0 Å². The maximum atomic E-state index is 12.2. The number of rotatable bonds is 8. The summed E-state index contributed by atoms with van der Waals surface area (Å²) in [5.41, 5.74) is 3.49. The predicted molar refractivity (Wildman–Crippen MR) is 120 cm³/mol. The van der Waals surface area contributed by atoms with E-state index in [-0.39, 0.29) is 23.8 Å². The third-order valence-electron chi connectivity index (χ3n) is 4.10. The van der Waals surface area contributed by atoms with Crippen LogP contribution in [0.15, 0.2) is 77.9 Å². The van der Waals surface area contributed by atoms with Crippen LogP contribution in [0.3, 0.4) is 0 Å². The summed E-state index contributed by atoms with van der Waals surface area (Å²) in [5.74, 6) is -0.561. The largest absolute Gasteiger partial charge is 0.483 e. The first-order valence-electron chi connectivity index (χ1n) is 9.27. The van der Waals surface area contributed by atoms with E-state index in [9.17, 15) is 19.7 Å². The Morgan fingerprint density at radius 1 is 1.06 bits per heavy atom. The van der Waals surface area contributed by atoms with Crippen LogP contribution in [0.5, 0.6) is 5.75 Å². The SMILES string of the molecule is O=C(COc1ccc(Cl)cc1/C=N/NC(=O)c1ccc([N+](=O)[O-])cc1)Nc1ccccc1. The summed E-state index contributed by atoms with van der Waals surface area (Å²) in [6, 6.07) is 18.8. The Kier molecular flexibility index (Phi) is 7.50. The van der Waals surface area contributed by atoms with E-state index in [4.69, 9.17) is 16.3 Å². The molecule has 0 saturated carbocycles. The fraction of sp³-hybridized carbons (Fsp3) is 0.0455. The highest BCUT2D eigenvalue weighted by molar-refractivity contribution is 6.30. The van der Waals surface area contributed by atoms with E-state index in [1.165, 1.54) is 30.5 Å². The van der Waals surface area contributed by atoms with Crippen LogP contribution in [-0.2, 0) is 4.79 Å². The molecule has 0 aliphatic heterocycles. The average Bonchev–Trinajstić information content (AvgIpc) is 2.79. The lowest BCUT2D eigenvalue weighted by molar-refractivity contribution is -0.384. The van der Waals surface area contributed by atoms with Crippen molar-refractivity contribution in [1.82, 2.24) is 5.43 Å². The topological polar surface area (TPSA) is 123 Å². The molecular weight excluding hydrogens is 436 g/mol. The van der Waals surface area contributed by atoms with E-state index in [1.807, 2.05) is 6.07 Å². The molecule has 0 aromatic heterocycles. The zero-order valence-corrected chi connectivity index (χ0v) is 17.3. The van der Waals surface area contributed by atoms with Crippen LogP contribution in [0, 0.1) is 10.1 Å². The van der Waals surface area contributed by atoms with Gasteiger partial charge in [-0.1, -0.05) is 29.8 Å². The van der Waals surface area contributed by atoms with Crippen LogP contribution in [0.4, 0.5) is 11.4 Å². The van der Waals surface area contributed by atoms with Gasteiger partial charge in [-0.2, -0.15) is 5.10 Å². The second kappa shape index (κ2) is 10.7. The van der Waals surface area contributed by atoms with Crippen molar-refractivity contribution in [3.8, 4) is 5.75 Å². The van der Waals surface area contributed by atoms with E-state index in [0.717, 1.165) is 0 Å². The fourth-order valence-corrected chi connectivity index (χ4v) is 2.75. The summed E-state index contributed by atoms with van der Waals surface area (Å²) < 4.78 is 5.57. The van der Waals surface area contributed by atoms with Crippen LogP contribution >= 0.6 is 11.6 Å². The number of nitro groups is 1. The van der Waals surface area contributed by atoms with Gasteiger partial charge in [0.1, 0.15) is 5.75 Å². The molecule has 0 heterocycles. The minimum absolute atomic E-state index is 0.123. The van der Waals surface area contributed by atoms with Gasteiger partial charge < -0.3 is 10.1 Å². The third-order valence-corrected chi connectivity index (χ3v) is 4.33. The quantitative estimate of drug-likeness (QED) is 0.303. The van der Waals surface area contributed by atoms with Gasteiger partial charge >= 0.3 is 0 Å². The molecule has 2 N–H and O–H groups in total.